The fourth-order valence-electron chi connectivity index (χ4n) is 3.47. The predicted octanol–water partition coefficient (Wildman–Crippen LogP) is 1.57. The van der Waals surface area contributed by atoms with E-state index in [2.05, 4.69) is 9.46 Å². The summed E-state index contributed by atoms with van der Waals surface area (Å²) in [7, 11) is -1.86. The molecule has 2 aromatic carbocycles. The van der Waals surface area contributed by atoms with Gasteiger partial charge in [0.1, 0.15) is 12.4 Å². The fourth-order valence-corrected chi connectivity index (χ4v) is 4.86. The minimum atomic E-state index is -4.35. The molecule has 12 heteroatoms. The van der Waals surface area contributed by atoms with Crippen LogP contribution in [0.5, 0.6) is 5.75 Å². The number of amides is 2. The Labute approximate surface area is 209 Å². The highest BCUT2D eigenvalue weighted by atomic mass is 32.2. The number of sulfonamides is 1. The first-order chi connectivity index (χ1) is 16.9. The first kappa shape index (κ1) is 28.5. The molecule has 0 saturated heterocycles. The number of carbonyl (C=O) groups is 4. The van der Waals surface area contributed by atoms with Crippen molar-refractivity contribution in [1.82, 2.24) is 4.72 Å². The highest BCUT2D eigenvalue weighted by Gasteiger charge is 2.30. The lowest BCUT2D eigenvalue weighted by Crippen LogP contribution is -2.45. The lowest BCUT2D eigenvalue weighted by atomic mass is 10.0. The molecule has 2 amide bonds. The van der Waals surface area contributed by atoms with Crippen LogP contribution in [-0.4, -0.2) is 59.0 Å². The standard InChI is InChI=1S/C24H28N2O9S/c1-15(27)26(16(2)28)22-9-7-6-8-18(22)12-19-13-20(33-4)10-11-23(19)36(31,32)25-21(24(30)34-5)14-35-17(3)29/h6-11,13,21,25H,12,14H2,1-5H3. The number of imide groups is 1. The maximum atomic E-state index is 13.3. The van der Waals surface area contributed by atoms with E-state index in [0.29, 0.717) is 17.0 Å². The Morgan fingerprint density at radius 2 is 1.58 bits per heavy atom. The molecule has 0 aliphatic carbocycles. The third-order valence-corrected chi connectivity index (χ3v) is 6.61. The quantitative estimate of drug-likeness (QED) is 0.461. The van der Waals surface area contributed by atoms with Gasteiger partial charge in [0.15, 0.2) is 6.04 Å². The number of para-hydroxylation sites is 1. The SMILES string of the molecule is COC(=O)C(COC(C)=O)NS(=O)(=O)c1ccc(OC)cc1Cc1ccccc1N(C(C)=O)C(C)=O. The first-order valence-electron chi connectivity index (χ1n) is 10.7. The summed E-state index contributed by atoms with van der Waals surface area (Å²) in [6, 6.07) is 9.32. The number of nitrogens with zero attached hydrogens (tertiary/aromatic N) is 1. The number of methoxy groups -OCH3 is 2. The topological polar surface area (TPSA) is 145 Å². The highest BCUT2D eigenvalue weighted by molar-refractivity contribution is 7.89. The number of hydrogen-bond donors (Lipinski definition) is 1. The van der Waals surface area contributed by atoms with E-state index in [1.807, 2.05) is 0 Å². The number of anilines is 1. The Kier molecular flexibility index (Phi) is 9.70. The van der Waals surface area contributed by atoms with Crippen molar-refractivity contribution >= 4 is 39.5 Å². The molecule has 0 bridgehead atoms. The van der Waals surface area contributed by atoms with E-state index in [1.165, 1.54) is 39.2 Å². The first-order valence-corrected chi connectivity index (χ1v) is 12.2. The van der Waals surface area contributed by atoms with E-state index >= 15 is 0 Å². The summed E-state index contributed by atoms with van der Waals surface area (Å²) >= 11 is 0. The zero-order valence-corrected chi connectivity index (χ0v) is 21.4. The Bertz CT molecular complexity index is 1240. The molecule has 1 atom stereocenters. The predicted molar refractivity (Wildman–Crippen MR) is 129 cm³/mol. The summed E-state index contributed by atoms with van der Waals surface area (Å²) in [5.41, 5.74) is 1.06. The summed E-state index contributed by atoms with van der Waals surface area (Å²) < 4.78 is 43.6. The summed E-state index contributed by atoms with van der Waals surface area (Å²) in [4.78, 5) is 48.4. The molecule has 2 rings (SSSR count). The van der Waals surface area contributed by atoms with Crippen LogP contribution in [0.4, 0.5) is 5.69 Å². The number of carbonyl (C=O) groups excluding carboxylic acids is 4. The van der Waals surface area contributed by atoms with Crippen LogP contribution in [0.15, 0.2) is 47.4 Å². The molecule has 11 nitrogen and oxygen atoms in total. The molecule has 1 N–H and O–H groups in total. The smallest absolute Gasteiger partial charge is 0.327 e. The third kappa shape index (κ3) is 7.12. The van der Waals surface area contributed by atoms with Gasteiger partial charge in [0.25, 0.3) is 0 Å². The Morgan fingerprint density at radius 1 is 0.944 bits per heavy atom. The van der Waals surface area contributed by atoms with Crippen LogP contribution in [0, 0.1) is 0 Å². The third-order valence-electron chi connectivity index (χ3n) is 5.04. The van der Waals surface area contributed by atoms with E-state index in [9.17, 15) is 27.6 Å². The van der Waals surface area contributed by atoms with Gasteiger partial charge < -0.3 is 14.2 Å². The Balaban J connectivity index is 2.56. The van der Waals surface area contributed by atoms with Crippen molar-refractivity contribution in [2.24, 2.45) is 0 Å². The monoisotopic (exact) mass is 520 g/mol. The van der Waals surface area contributed by atoms with Crippen molar-refractivity contribution in [2.75, 3.05) is 25.7 Å². The van der Waals surface area contributed by atoms with Gasteiger partial charge >= 0.3 is 11.9 Å². The second kappa shape index (κ2) is 12.3. The van der Waals surface area contributed by atoms with Crippen LogP contribution in [0.2, 0.25) is 0 Å². The number of rotatable bonds is 10. The van der Waals surface area contributed by atoms with E-state index in [1.54, 1.807) is 24.3 Å². The van der Waals surface area contributed by atoms with Crippen molar-refractivity contribution in [1.29, 1.82) is 0 Å². The fraction of sp³-hybridized carbons (Fsp3) is 0.333. The Hall–Kier alpha value is -3.77. The highest BCUT2D eigenvalue weighted by Crippen LogP contribution is 2.29. The second-order valence-corrected chi connectivity index (χ2v) is 9.33. The minimum Gasteiger partial charge on any atom is -0.497 e. The Morgan fingerprint density at radius 3 is 2.14 bits per heavy atom. The summed E-state index contributed by atoms with van der Waals surface area (Å²) in [6.07, 6.45) is -0.00644. The van der Waals surface area contributed by atoms with Crippen LogP contribution >= 0.6 is 0 Å². The molecule has 0 radical (unpaired) electrons. The van der Waals surface area contributed by atoms with Crippen LogP contribution in [0.25, 0.3) is 0 Å². The van der Waals surface area contributed by atoms with Gasteiger partial charge in [-0.2, -0.15) is 4.72 Å². The van der Waals surface area contributed by atoms with E-state index < -0.39 is 46.4 Å². The number of ether oxygens (including phenoxy) is 3. The molecule has 194 valence electrons. The van der Waals surface area contributed by atoms with Crippen LogP contribution < -0.4 is 14.4 Å². The molecule has 0 fully saturated rings. The lowest BCUT2D eigenvalue weighted by Gasteiger charge is -2.22. The van der Waals surface area contributed by atoms with E-state index in [-0.39, 0.29) is 16.9 Å². The maximum absolute atomic E-state index is 13.3. The molecule has 36 heavy (non-hydrogen) atoms. The molecule has 1 unspecified atom stereocenters. The second-order valence-electron chi connectivity index (χ2n) is 7.65. The molecule has 0 spiro atoms. The summed E-state index contributed by atoms with van der Waals surface area (Å²) in [5, 5.41) is 0. The number of benzene rings is 2. The van der Waals surface area contributed by atoms with Crippen molar-refractivity contribution in [3.63, 3.8) is 0 Å². The molecular weight excluding hydrogens is 492 g/mol. The summed E-state index contributed by atoms with van der Waals surface area (Å²) in [5.74, 6) is -2.28. The van der Waals surface area contributed by atoms with Gasteiger partial charge in [-0.05, 0) is 35.4 Å². The zero-order chi connectivity index (χ0) is 27.0. The molecule has 0 aromatic heterocycles. The van der Waals surface area contributed by atoms with Gasteiger partial charge in [-0.15, -0.1) is 0 Å². The van der Waals surface area contributed by atoms with Gasteiger partial charge in [-0.1, -0.05) is 18.2 Å². The van der Waals surface area contributed by atoms with Crippen molar-refractivity contribution in [3.8, 4) is 5.75 Å². The van der Waals surface area contributed by atoms with Gasteiger partial charge in [0.05, 0.1) is 24.8 Å². The summed E-state index contributed by atoms with van der Waals surface area (Å²) in [6.45, 7) is 3.05. The number of nitrogens with one attached hydrogen (secondary N) is 1. The van der Waals surface area contributed by atoms with Gasteiger partial charge in [-0.3, -0.25) is 24.1 Å². The van der Waals surface area contributed by atoms with Crippen LogP contribution in [0.1, 0.15) is 31.9 Å². The van der Waals surface area contributed by atoms with E-state index in [0.717, 1.165) is 18.9 Å². The van der Waals surface area contributed by atoms with Crippen LogP contribution in [0.3, 0.4) is 0 Å². The molecule has 0 saturated carbocycles. The number of hydrogen-bond acceptors (Lipinski definition) is 9. The van der Waals surface area contributed by atoms with Gasteiger partial charge in [0.2, 0.25) is 21.8 Å². The minimum absolute atomic E-state index is 0.00644. The zero-order valence-electron chi connectivity index (χ0n) is 20.6. The lowest BCUT2D eigenvalue weighted by molar-refractivity contribution is -0.148. The van der Waals surface area contributed by atoms with E-state index in [4.69, 9.17) is 9.47 Å². The molecule has 0 aliphatic heterocycles. The van der Waals surface area contributed by atoms with Crippen molar-refractivity contribution in [3.05, 3.63) is 53.6 Å². The normalized spacial score (nSPS) is 11.8. The van der Waals surface area contributed by atoms with Gasteiger partial charge in [-0.25, -0.2) is 8.42 Å². The molecule has 0 aliphatic rings. The molecular formula is C24H28N2O9S. The van der Waals surface area contributed by atoms with Crippen molar-refractivity contribution < 1.29 is 41.8 Å². The average molecular weight is 521 g/mol. The van der Waals surface area contributed by atoms with Crippen molar-refractivity contribution in [2.45, 2.75) is 38.1 Å². The largest absolute Gasteiger partial charge is 0.497 e. The van der Waals surface area contributed by atoms with Gasteiger partial charge in [0, 0.05) is 27.2 Å². The molecule has 0 heterocycles. The average Bonchev–Trinajstić information content (AvgIpc) is 2.81. The maximum Gasteiger partial charge on any atom is 0.327 e. The molecule has 2 aromatic rings. The number of esters is 2. The van der Waals surface area contributed by atoms with Crippen LogP contribution in [-0.2, 0) is 45.1 Å².